The number of nitrogens with one attached hydrogen (secondary N) is 2. The molecule has 0 radical (unpaired) electrons. The van der Waals surface area contributed by atoms with Crippen LogP contribution in [0.25, 0.3) is 0 Å². The van der Waals surface area contributed by atoms with Gasteiger partial charge in [-0.3, -0.25) is 4.79 Å². The van der Waals surface area contributed by atoms with E-state index in [1.54, 1.807) is 6.92 Å². The Labute approximate surface area is 133 Å². The third kappa shape index (κ3) is 3.99. The number of hydrogen-bond acceptors (Lipinski definition) is 4. The number of carbonyl (C=O) groups is 1. The first-order chi connectivity index (χ1) is 10.4. The summed E-state index contributed by atoms with van der Waals surface area (Å²) in [7, 11) is 0. The van der Waals surface area contributed by atoms with Crippen molar-refractivity contribution in [2.75, 3.05) is 13.2 Å². The number of carbonyl (C=O) groups excluding carboxylic acids is 1. The van der Waals surface area contributed by atoms with Gasteiger partial charge in [-0.2, -0.15) is 5.26 Å². The van der Waals surface area contributed by atoms with E-state index in [0.29, 0.717) is 5.92 Å². The van der Waals surface area contributed by atoms with E-state index >= 15 is 0 Å². The van der Waals surface area contributed by atoms with Gasteiger partial charge in [0.25, 0.3) is 0 Å². The molecule has 0 aromatic rings. The summed E-state index contributed by atoms with van der Waals surface area (Å²) in [6.07, 6.45) is 7.88. The second kappa shape index (κ2) is 6.97. The molecule has 0 spiro atoms. The number of hydrogen-bond donors (Lipinski definition) is 3. The van der Waals surface area contributed by atoms with Gasteiger partial charge in [-0.25, -0.2) is 0 Å². The summed E-state index contributed by atoms with van der Waals surface area (Å²) < 4.78 is 0. The van der Waals surface area contributed by atoms with E-state index in [9.17, 15) is 15.2 Å². The lowest BCUT2D eigenvalue weighted by Crippen LogP contribution is -2.57. The van der Waals surface area contributed by atoms with Crippen molar-refractivity contribution in [1.82, 2.24) is 10.6 Å². The summed E-state index contributed by atoms with van der Waals surface area (Å²) in [5, 5.41) is 25.2. The lowest BCUT2D eigenvalue weighted by Gasteiger charge is -2.39. The summed E-state index contributed by atoms with van der Waals surface area (Å²) in [4.78, 5) is 12.2. The quantitative estimate of drug-likeness (QED) is 0.668. The molecular weight excluding hydrogens is 278 g/mol. The second-order valence-electron chi connectivity index (χ2n) is 7.40. The normalized spacial score (nSPS) is 24.8. The van der Waals surface area contributed by atoms with Crippen LogP contribution < -0.4 is 10.6 Å². The van der Waals surface area contributed by atoms with Gasteiger partial charge >= 0.3 is 0 Å². The zero-order valence-electron chi connectivity index (χ0n) is 13.8. The summed E-state index contributed by atoms with van der Waals surface area (Å²) in [5.74, 6) is 0.528. The molecule has 0 aromatic heterocycles. The molecule has 1 amide bonds. The van der Waals surface area contributed by atoms with E-state index in [1.165, 1.54) is 19.3 Å². The largest absolute Gasteiger partial charge is 0.394 e. The van der Waals surface area contributed by atoms with Crippen molar-refractivity contribution < 1.29 is 9.90 Å². The molecule has 0 heterocycles. The van der Waals surface area contributed by atoms with Crippen molar-refractivity contribution in [3.8, 4) is 6.07 Å². The molecule has 5 heteroatoms. The first-order valence-electron chi connectivity index (χ1n) is 8.51. The lowest BCUT2D eigenvalue weighted by atomic mass is 9.76. The van der Waals surface area contributed by atoms with Crippen LogP contribution in [0.4, 0.5) is 0 Å². The molecule has 0 bridgehead atoms. The van der Waals surface area contributed by atoms with Crippen LogP contribution in [-0.4, -0.2) is 35.2 Å². The molecular formula is C17H29N3O2. The molecule has 2 aliphatic carbocycles. The number of aliphatic hydroxyl groups excluding tert-OH is 1. The maximum atomic E-state index is 12.2. The molecule has 22 heavy (non-hydrogen) atoms. The third-order valence-electron chi connectivity index (χ3n) is 5.51. The first kappa shape index (κ1) is 17.2. The van der Waals surface area contributed by atoms with Crippen molar-refractivity contribution in [2.45, 2.75) is 69.9 Å². The summed E-state index contributed by atoms with van der Waals surface area (Å²) >= 11 is 0. The van der Waals surface area contributed by atoms with Gasteiger partial charge in [0.2, 0.25) is 5.91 Å². The molecule has 2 atom stereocenters. The van der Waals surface area contributed by atoms with Crippen LogP contribution in [0.3, 0.4) is 0 Å². The molecule has 3 N–H and O–H groups in total. The molecule has 2 aliphatic rings. The van der Waals surface area contributed by atoms with E-state index in [-0.39, 0.29) is 25.0 Å². The monoisotopic (exact) mass is 307 g/mol. The Morgan fingerprint density at radius 1 is 1.18 bits per heavy atom. The van der Waals surface area contributed by atoms with E-state index < -0.39 is 11.1 Å². The fourth-order valence-corrected chi connectivity index (χ4v) is 3.57. The van der Waals surface area contributed by atoms with Crippen LogP contribution in [0, 0.1) is 23.2 Å². The fourth-order valence-electron chi connectivity index (χ4n) is 3.57. The van der Waals surface area contributed by atoms with E-state index in [0.717, 1.165) is 25.7 Å². The predicted molar refractivity (Wildman–Crippen MR) is 85.0 cm³/mol. The fraction of sp³-hybridized carbons (Fsp3) is 0.882. The third-order valence-corrected chi connectivity index (χ3v) is 5.51. The molecule has 5 nitrogen and oxygen atoms in total. The SMILES string of the molecule is C[C@](CO)(NCC(=O)N[C@@](C)(C#N)C1CC1)C1CCCCC1. The van der Waals surface area contributed by atoms with Crippen molar-refractivity contribution in [3.05, 3.63) is 0 Å². The van der Waals surface area contributed by atoms with Gasteiger partial charge in [-0.15, -0.1) is 0 Å². The van der Waals surface area contributed by atoms with Crippen molar-refractivity contribution in [3.63, 3.8) is 0 Å². The van der Waals surface area contributed by atoms with Gasteiger partial charge in [0.05, 0.1) is 19.2 Å². The Balaban J connectivity index is 1.86. The van der Waals surface area contributed by atoms with Crippen molar-refractivity contribution >= 4 is 5.91 Å². The highest BCUT2D eigenvalue weighted by Crippen LogP contribution is 2.39. The van der Waals surface area contributed by atoms with Gasteiger partial charge in [-0.05, 0) is 51.4 Å². The molecule has 2 fully saturated rings. The van der Waals surface area contributed by atoms with E-state index in [2.05, 4.69) is 16.7 Å². The maximum Gasteiger partial charge on any atom is 0.235 e. The Hall–Kier alpha value is -1.12. The number of nitrogens with zero attached hydrogens (tertiary/aromatic N) is 1. The Morgan fingerprint density at radius 2 is 1.82 bits per heavy atom. The maximum absolute atomic E-state index is 12.2. The van der Waals surface area contributed by atoms with Gasteiger partial charge in [0.1, 0.15) is 5.54 Å². The number of aliphatic hydroxyl groups is 1. The van der Waals surface area contributed by atoms with Crippen LogP contribution >= 0.6 is 0 Å². The molecule has 0 aromatic carbocycles. The summed E-state index contributed by atoms with van der Waals surface area (Å²) in [5.41, 5.74) is -1.17. The molecule has 2 saturated carbocycles. The molecule has 2 rings (SSSR count). The number of amides is 1. The number of nitriles is 1. The minimum absolute atomic E-state index is 0.0308. The van der Waals surface area contributed by atoms with Gasteiger partial charge in [0.15, 0.2) is 0 Å². The summed E-state index contributed by atoms with van der Waals surface area (Å²) in [6.45, 7) is 3.98. The van der Waals surface area contributed by atoms with Gasteiger partial charge < -0.3 is 15.7 Å². The van der Waals surface area contributed by atoms with E-state index in [1.807, 2.05) is 6.92 Å². The van der Waals surface area contributed by atoms with Gasteiger partial charge in [-0.1, -0.05) is 19.3 Å². The van der Waals surface area contributed by atoms with Crippen molar-refractivity contribution in [1.29, 1.82) is 5.26 Å². The van der Waals surface area contributed by atoms with Gasteiger partial charge in [0, 0.05) is 5.54 Å². The van der Waals surface area contributed by atoms with Crippen LogP contribution in [0.2, 0.25) is 0 Å². The molecule has 124 valence electrons. The Morgan fingerprint density at radius 3 is 2.32 bits per heavy atom. The number of rotatable bonds is 7. The second-order valence-corrected chi connectivity index (χ2v) is 7.40. The minimum Gasteiger partial charge on any atom is -0.394 e. The Bertz CT molecular complexity index is 438. The average Bonchev–Trinajstić information content (AvgIpc) is 3.38. The smallest absolute Gasteiger partial charge is 0.235 e. The first-order valence-corrected chi connectivity index (χ1v) is 8.51. The van der Waals surface area contributed by atoms with Crippen LogP contribution in [-0.2, 0) is 4.79 Å². The van der Waals surface area contributed by atoms with Crippen molar-refractivity contribution in [2.24, 2.45) is 11.8 Å². The molecule has 0 unspecified atom stereocenters. The topological polar surface area (TPSA) is 85.2 Å². The zero-order valence-corrected chi connectivity index (χ0v) is 13.8. The van der Waals surface area contributed by atoms with Crippen LogP contribution in [0.1, 0.15) is 58.8 Å². The van der Waals surface area contributed by atoms with E-state index in [4.69, 9.17) is 0 Å². The minimum atomic E-state index is -0.751. The lowest BCUT2D eigenvalue weighted by molar-refractivity contribution is -0.122. The average molecular weight is 307 g/mol. The Kier molecular flexibility index (Phi) is 5.46. The summed E-state index contributed by atoms with van der Waals surface area (Å²) in [6, 6.07) is 2.24. The van der Waals surface area contributed by atoms with Crippen LogP contribution in [0.15, 0.2) is 0 Å². The zero-order chi connectivity index (χ0) is 16.2. The highest BCUT2D eigenvalue weighted by molar-refractivity contribution is 5.79. The molecule has 0 aliphatic heterocycles. The predicted octanol–water partition coefficient (Wildman–Crippen LogP) is 1.72. The molecule has 0 saturated heterocycles. The highest BCUT2D eigenvalue weighted by Gasteiger charge is 2.43. The highest BCUT2D eigenvalue weighted by atomic mass is 16.3. The van der Waals surface area contributed by atoms with Crippen LogP contribution in [0.5, 0.6) is 0 Å². The standard InChI is InChI=1S/C17H29N3O2/c1-16(11-18,14-8-9-14)20-15(22)10-19-17(2,12-21)13-6-4-3-5-7-13/h13-14,19,21H,3-10,12H2,1-2H3,(H,20,22)/t16-,17+/m0/s1.